The second-order valence-corrected chi connectivity index (χ2v) is 7.94. The van der Waals surface area contributed by atoms with Crippen LogP contribution in [0.4, 0.5) is 5.69 Å². The Labute approximate surface area is 192 Å². The first-order valence-corrected chi connectivity index (χ1v) is 10.6. The first kappa shape index (κ1) is 21.9. The van der Waals surface area contributed by atoms with Gasteiger partial charge in [0.1, 0.15) is 6.54 Å². The van der Waals surface area contributed by atoms with Crippen molar-refractivity contribution in [2.45, 2.75) is 26.6 Å². The Morgan fingerprint density at radius 3 is 2.47 bits per heavy atom. The van der Waals surface area contributed by atoms with Gasteiger partial charge in [0.2, 0.25) is 5.91 Å². The third-order valence-corrected chi connectivity index (χ3v) is 5.75. The molecule has 0 saturated heterocycles. The molecule has 0 aliphatic rings. The number of benzene rings is 2. The molecule has 1 amide bonds. The predicted molar refractivity (Wildman–Crippen MR) is 125 cm³/mol. The van der Waals surface area contributed by atoms with Gasteiger partial charge in [-0.15, -0.1) is 0 Å². The predicted octanol–water partition coefficient (Wildman–Crippen LogP) is 3.37. The minimum Gasteiger partial charge on any atom is -0.325 e. The Kier molecular flexibility index (Phi) is 6.16. The highest BCUT2D eigenvalue weighted by Crippen LogP contribution is 2.25. The quantitative estimate of drug-likeness (QED) is 0.466. The van der Waals surface area contributed by atoms with Crippen molar-refractivity contribution in [1.29, 1.82) is 0 Å². The summed E-state index contributed by atoms with van der Waals surface area (Å²) in [7, 11) is 0. The highest BCUT2D eigenvalue weighted by Gasteiger charge is 2.19. The van der Waals surface area contributed by atoms with E-state index in [1.165, 1.54) is 17.0 Å². The van der Waals surface area contributed by atoms with Gasteiger partial charge in [-0.1, -0.05) is 53.5 Å². The molecule has 2 heterocycles. The van der Waals surface area contributed by atoms with Crippen molar-refractivity contribution in [2.24, 2.45) is 0 Å². The maximum Gasteiger partial charge on any atom is 0.333 e. The summed E-state index contributed by atoms with van der Waals surface area (Å²) in [5, 5.41) is 3.27. The maximum absolute atomic E-state index is 13.3. The van der Waals surface area contributed by atoms with Crippen LogP contribution in [0.25, 0.3) is 11.2 Å². The topological polar surface area (TPSA) is 90.9 Å². The summed E-state index contributed by atoms with van der Waals surface area (Å²) in [6.45, 7) is 2.11. The molecule has 2 aromatic carbocycles. The number of halogens is 2. The molecule has 2 aromatic heterocycles. The second-order valence-electron chi connectivity index (χ2n) is 7.13. The van der Waals surface area contributed by atoms with E-state index in [1.807, 2.05) is 37.3 Å². The summed E-state index contributed by atoms with van der Waals surface area (Å²) < 4.78 is 3.99. The number of hydrogen-bond acceptors (Lipinski definition) is 4. The Balaban J connectivity index is 1.76. The third kappa shape index (κ3) is 4.19. The van der Waals surface area contributed by atoms with E-state index in [-0.39, 0.29) is 22.7 Å². The summed E-state index contributed by atoms with van der Waals surface area (Å²) in [4.78, 5) is 43.4. The van der Waals surface area contributed by atoms with E-state index < -0.39 is 23.7 Å². The molecule has 0 fully saturated rings. The van der Waals surface area contributed by atoms with E-state index in [0.29, 0.717) is 17.3 Å². The molecule has 32 heavy (non-hydrogen) atoms. The minimum absolute atomic E-state index is 0.214. The fourth-order valence-electron chi connectivity index (χ4n) is 3.44. The molecule has 164 valence electrons. The highest BCUT2D eigenvalue weighted by molar-refractivity contribution is 6.42. The zero-order chi connectivity index (χ0) is 22.8. The Hall–Kier alpha value is -3.36. The molecule has 0 bridgehead atoms. The monoisotopic (exact) mass is 471 g/mol. The normalized spacial score (nSPS) is 11.1. The van der Waals surface area contributed by atoms with Gasteiger partial charge in [0.25, 0.3) is 5.56 Å². The molecule has 4 aromatic rings. The molecule has 8 nitrogen and oxygen atoms in total. The number of imidazole rings is 1. The van der Waals surface area contributed by atoms with E-state index in [4.69, 9.17) is 23.2 Å². The fraction of sp³-hybridized carbons (Fsp3) is 0.182. The number of nitrogens with zero attached hydrogens (tertiary/aromatic N) is 4. The van der Waals surface area contributed by atoms with Gasteiger partial charge in [-0.3, -0.25) is 14.2 Å². The maximum atomic E-state index is 13.3. The number of fused-ring (bicyclic) bond motifs is 1. The molecule has 0 saturated carbocycles. The molecule has 1 N–H and O–H groups in total. The number of aromatic nitrogens is 4. The molecular weight excluding hydrogens is 453 g/mol. The van der Waals surface area contributed by atoms with Crippen LogP contribution in [0.15, 0.2) is 64.4 Å². The van der Waals surface area contributed by atoms with E-state index in [2.05, 4.69) is 10.3 Å². The van der Waals surface area contributed by atoms with Gasteiger partial charge in [0.05, 0.1) is 22.9 Å². The Morgan fingerprint density at radius 1 is 1.03 bits per heavy atom. The number of rotatable bonds is 6. The average molecular weight is 472 g/mol. The number of anilines is 1. The highest BCUT2D eigenvalue weighted by atomic mass is 35.5. The van der Waals surface area contributed by atoms with Crippen LogP contribution >= 0.6 is 23.2 Å². The molecule has 0 aliphatic carbocycles. The first-order valence-electron chi connectivity index (χ1n) is 9.86. The van der Waals surface area contributed by atoms with Gasteiger partial charge < -0.3 is 9.88 Å². The van der Waals surface area contributed by atoms with E-state index >= 15 is 0 Å². The van der Waals surface area contributed by atoms with Crippen LogP contribution in [0.3, 0.4) is 0 Å². The lowest BCUT2D eigenvalue weighted by Gasteiger charge is -2.13. The van der Waals surface area contributed by atoms with Crippen molar-refractivity contribution in [3.63, 3.8) is 0 Å². The molecule has 0 spiro atoms. The summed E-state index contributed by atoms with van der Waals surface area (Å²) in [6, 6.07) is 14.0. The standard InChI is InChI=1S/C22H19Cl2N5O3/c1-2-27-13-25-20-19(27)21(31)29(22(32)28(20)11-14-6-4-3-5-7-14)12-18(30)26-15-8-9-16(23)17(24)10-15/h3-10,13H,2,11-12H2,1H3,(H,26,30). The van der Waals surface area contributed by atoms with Crippen molar-refractivity contribution in [3.05, 3.63) is 91.3 Å². The molecule has 0 atom stereocenters. The van der Waals surface area contributed by atoms with Crippen molar-refractivity contribution >= 4 is 46.0 Å². The lowest BCUT2D eigenvalue weighted by Crippen LogP contribution is -2.43. The van der Waals surface area contributed by atoms with Crippen LogP contribution in [-0.4, -0.2) is 24.6 Å². The lowest BCUT2D eigenvalue weighted by molar-refractivity contribution is -0.116. The van der Waals surface area contributed by atoms with E-state index in [0.717, 1.165) is 10.1 Å². The number of amides is 1. The van der Waals surface area contributed by atoms with Crippen molar-refractivity contribution < 1.29 is 4.79 Å². The fourth-order valence-corrected chi connectivity index (χ4v) is 3.74. The van der Waals surface area contributed by atoms with Gasteiger partial charge in [0, 0.05) is 12.2 Å². The van der Waals surface area contributed by atoms with Crippen molar-refractivity contribution in [2.75, 3.05) is 5.32 Å². The number of carbonyl (C=O) groups excluding carboxylic acids is 1. The number of nitrogens with one attached hydrogen (secondary N) is 1. The minimum atomic E-state index is -0.614. The number of aryl methyl sites for hydroxylation is 1. The zero-order valence-electron chi connectivity index (χ0n) is 17.1. The van der Waals surface area contributed by atoms with Gasteiger partial charge in [-0.25, -0.2) is 14.3 Å². The molecule has 10 heteroatoms. The summed E-state index contributed by atoms with van der Waals surface area (Å²) in [5.41, 5.74) is 0.640. The van der Waals surface area contributed by atoms with E-state index in [1.54, 1.807) is 16.7 Å². The van der Waals surface area contributed by atoms with Crippen molar-refractivity contribution in [1.82, 2.24) is 18.7 Å². The SMILES string of the molecule is CCn1cnc2c1c(=O)n(CC(=O)Nc1ccc(Cl)c(Cl)c1)c(=O)n2Cc1ccccc1. The van der Waals surface area contributed by atoms with Crippen LogP contribution in [0, 0.1) is 0 Å². The first-order chi connectivity index (χ1) is 15.4. The van der Waals surface area contributed by atoms with Crippen LogP contribution in [0.1, 0.15) is 12.5 Å². The van der Waals surface area contributed by atoms with Crippen molar-refractivity contribution in [3.8, 4) is 0 Å². The largest absolute Gasteiger partial charge is 0.333 e. The van der Waals surface area contributed by atoms with Crippen LogP contribution < -0.4 is 16.6 Å². The summed E-state index contributed by atoms with van der Waals surface area (Å²) >= 11 is 11.9. The van der Waals surface area contributed by atoms with Gasteiger partial charge >= 0.3 is 5.69 Å². The van der Waals surface area contributed by atoms with Crippen LogP contribution in [0.2, 0.25) is 10.0 Å². The molecular formula is C22H19Cl2N5O3. The van der Waals surface area contributed by atoms with Gasteiger partial charge in [0.15, 0.2) is 11.2 Å². The number of hydrogen-bond donors (Lipinski definition) is 1. The molecule has 4 rings (SSSR count). The molecule has 0 unspecified atom stereocenters. The van der Waals surface area contributed by atoms with Crippen LogP contribution in [0.5, 0.6) is 0 Å². The second kappa shape index (κ2) is 9.02. The molecule has 0 radical (unpaired) electrons. The van der Waals surface area contributed by atoms with Crippen LogP contribution in [-0.2, 0) is 24.4 Å². The number of carbonyl (C=O) groups is 1. The Bertz CT molecular complexity index is 1420. The average Bonchev–Trinajstić information content (AvgIpc) is 3.22. The van der Waals surface area contributed by atoms with E-state index in [9.17, 15) is 14.4 Å². The van der Waals surface area contributed by atoms with Gasteiger partial charge in [-0.05, 0) is 30.7 Å². The lowest BCUT2D eigenvalue weighted by atomic mass is 10.2. The molecule has 0 aliphatic heterocycles. The zero-order valence-corrected chi connectivity index (χ0v) is 18.6. The smallest absolute Gasteiger partial charge is 0.325 e. The van der Waals surface area contributed by atoms with Gasteiger partial charge in [-0.2, -0.15) is 0 Å². The third-order valence-electron chi connectivity index (χ3n) is 5.01. The summed E-state index contributed by atoms with van der Waals surface area (Å²) in [5.74, 6) is -0.546. The summed E-state index contributed by atoms with van der Waals surface area (Å²) in [6.07, 6.45) is 1.52. The Morgan fingerprint density at radius 2 is 1.78 bits per heavy atom.